The van der Waals surface area contributed by atoms with Gasteiger partial charge in [-0.05, 0) is 17.9 Å². The van der Waals surface area contributed by atoms with Gasteiger partial charge in [-0.15, -0.1) is 0 Å². The van der Waals surface area contributed by atoms with Crippen LogP contribution in [0.5, 0.6) is 0 Å². The first kappa shape index (κ1) is 25.1. The Morgan fingerprint density at radius 2 is 1.71 bits per heavy atom. The molecule has 0 amide bonds. The van der Waals surface area contributed by atoms with Gasteiger partial charge in [-0.2, -0.15) is 21.4 Å². The van der Waals surface area contributed by atoms with Crippen molar-refractivity contribution in [1.82, 2.24) is 0 Å². The number of nitrogens with zero attached hydrogens (tertiary/aromatic N) is 2. The van der Waals surface area contributed by atoms with Gasteiger partial charge in [0.2, 0.25) is 0 Å². The molecule has 1 aromatic heterocycles. The monoisotopic (exact) mass is 541 g/mol. The lowest BCUT2D eigenvalue weighted by atomic mass is 10.1. The van der Waals surface area contributed by atoms with Crippen molar-refractivity contribution in [3.05, 3.63) is 57.5 Å². The maximum absolute atomic E-state index is 11.3. The molecule has 0 saturated carbocycles. The number of aromatic nitrogens is 1. The SMILES string of the molecule is Cc1csc(C=C2Sc3ccc4ccccc4c3N2CCCS(=O)(=O)O)[n+]1CCCS(=O)(=O)O. The second kappa shape index (κ2) is 9.96. The highest BCUT2D eigenvalue weighted by atomic mass is 32.2. The summed E-state index contributed by atoms with van der Waals surface area (Å²) < 4.78 is 65.1. The molecule has 1 aliphatic rings. The maximum Gasteiger partial charge on any atom is 0.265 e. The minimum Gasteiger partial charge on any atom is -0.334 e. The third-order valence-corrected chi connectivity index (χ3v) is 9.22. The minimum absolute atomic E-state index is 0.261. The Hall–Kier alpha value is -1.96. The molecule has 2 aromatic carbocycles. The fourth-order valence-electron chi connectivity index (χ4n) is 3.96. The smallest absolute Gasteiger partial charge is 0.265 e. The van der Waals surface area contributed by atoms with E-state index in [4.69, 9.17) is 4.55 Å². The number of benzene rings is 2. The van der Waals surface area contributed by atoms with Gasteiger partial charge in [-0.3, -0.25) is 9.11 Å². The molecule has 0 saturated heterocycles. The van der Waals surface area contributed by atoms with Gasteiger partial charge in [-0.1, -0.05) is 53.4 Å². The van der Waals surface area contributed by atoms with Crippen LogP contribution in [0.15, 0.2) is 51.7 Å². The predicted molar refractivity (Wildman–Crippen MR) is 136 cm³/mol. The third kappa shape index (κ3) is 5.99. The zero-order chi connectivity index (χ0) is 24.5. The van der Waals surface area contributed by atoms with E-state index in [9.17, 15) is 21.4 Å². The van der Waals surface area contributed by atoms with E-state index >= 15 is 0 Å². The fourth-order valence-corrected chi connectivity index (χ4v) is 7.13. The van der Waals surface area contributed by atoms with Crippen LogP contribution in [0.3, 0.4) is 0 Å². The number of hydrogen-bond acceptors (Lipinski definition) is 7. The van der Waals surface area contributed by atoms with E-state index in [2.05, 4.69) is 17.0 Å². The number of hydrogen-bond donors (Lipinski definition) is 2. The van der Waals surface area contributed by atoms with Gasteiger partial charge >= 0.3 is 0 Å². The van der Waals surface area contributed by atoms with E-state index in [1.807, 2.05) is 47.2 Å². The molecular formula is C22H25N2O6S4+. The molecule has 0 fully saturated rings. The summed E-state index contributed by atoms with van der Waals surface area (Å²) in [5.74, 6) is -0.630. The van der Waals surface area contributed by atoms with Gasteiger partial charge in [0.1, 0.15) is 0 Å². The van der Waals surface area contributed by atoms with Crippen LogP contribution >= 0.6 is 23.1 Å². The van der Waals surface area contributed by atoms with E-state index in [0.29, 0.717) is 13.1 Å². The minimum atomic E-state index is -4.06. The average Bonchev–Trinajstić information content (AvgIpc) is 3.27. The number of anilines is 1. The molecule has 0 radical (unpaired) electrons. The summed E-state index contributed by atoms with van der Waals surface area (Å²) in [5.41, 5.74) is 1.99. The number of thioether (sulfide) groups is 1. The molecule has 0 spiro atoms. The quantitative estimate of drug-likeness (QED) is 0.309. The second-order valence-electron chi connectivity index (χ2n) is 8.02. The van der Waals surface area contributed by atoms with Crippen molar-refractivity contribution < 1.29 is 30.5 Å². The Bertz CT molecular complexity index is 1460. The maximum atomic E-state index is 11.3. The molecule has 0 bridgehead atoms. The molecule has 0 atom stereocenters. The van der Waals surface area contributed by atoms with Gasteiger partial charge < -0.3 is 4.90 Å². The molecular weight excluding hydrogens is 517 g/mol. The van der Waals surface area contributed by atoms with E-state index in [0.717, 1.165) is 37.1 Å². The molecule has 4 rings (SSSR count). The molecule has 1 aliphatic heterocycles. The third-order valence-electron chi connectivity index (χ3n) is 5.47. The number of aryl methyl sites for hydroxylation is 1. The average molecular weight is 542 g/mol. The van der Waals surface area contributed by atoms with E-state index < -0.39 is 20.2 Å². The highest BCUT2D eigenvalue weighted by Gasteiger charge is 2.29. The predicted octanol–water partition coefficient (Wildman–Crippen LogP) is 3.96. The molecule has 2 N–H and O–H groups in total. The molecule has 0 unspecified atom stereocenters. The van der Waals surface area contributed by atoms with Gasteiger partial charge in [0.15, 0.2) is 12.2 Å². The largest absolute Gasteiger partial charge is 0.334 e. The van der Waals surface area contributed by atoms with Crippen LogP contribution < -0.4 is 9.47 Å². The van der Waals surface area contributed by atoms with Gasteiger partial charge in [-0.25, -0.2) is 0 Å². The van der Waals surface area contributed by atoms with Crippen LogP contribution in [0.4, 0.5) is 5.69 Å². The summed E-state index contributed by atoms with van der Waals surface area (Å²) in [6.45, 7) is 2.80. The first-order chi connectivity index (χ1) is 16.0. The lowest BCUT2D eigenvalue weighted by Crippen LogP contribution is -2.38. The van der Waals surface area contributed by atoms with Crippen LogP contribution in [0.1, 0.15) is 23.5 Å². The highest BCUT2D eigenvalue weighted by molar-refractivity contribution is 8.04. The van der Waals surface area contributed by atoms with Crippen molar-refractivity contribution in [2.75, 3.05) is 23.0 Å². The van der Waals surface area contributed by atoms with Crippen molar-refractivity contribution in [3.8, 4) is 0 Å². The van der Waals surface area contributed by atoms with Crippen molar-refractivity contribution in [2.45, 2.75) is 31.2 Å². The summed E-state index contributed by atoms with van der Waals surface area (Å²) >= 11 is 3.12. The zero-order valence-electron chi connectivity index (χ0n) is 18.4. The van der Waals surface area contributed by atoms with E-state index in [1.165, 1.54) is 11.3 Å². The van der Waals surface area contributed by atoms with Crippen LogP contribution in [0, 0.1) is 6.92 Å². The Kier molecular flexibility index (Phi) is 7.36. The number of rotatable bonds is 9. The van der Waals surface area contributed by atoms with Crippen LogP contribution in [0.25, 0.3) is 16.8 Å². The topological polar surface area (TPSA) is 116 Å². The Morgan fingerprint density at radius 1 is 1.00 bits per heavy atom. The number of thiazole rings is 1. The summed E-state index contributed by atoms with van der Waals surface area (Å²) in [6.07, 6.45) is 2.57. The summed E-state index contributed by atoms with van der Waals surface area (Å²) in [6, 6.07) is 12.1. The standard InChI is InChI=1S/C22H24N2O6S4/c1-16-15-31-20(23(16)10-4-12-33(25,26)27)14-21-24(11-5-13-34(28,29)30)22-18-7-3-2-6-17(18)8-9-19(22)32-21/h2-3,6-9,14-15H,4-5,10-13H2,1H3,(H-,25,26,27,28,29,30)/p+1. The van der Waals surface area contributed by atoms with Crippen LogP contribution in [0.2, 0.25) is 0 Å². The van der Waals surface area contributed by atoms with Gasteiger partial charge in [0, 0.05) is 30.2 Å². The van der Waals surface area contributed by atoms with E-state index in [-0.39, 0.29) is 24.3 Å². The Labute approximate surface area is 207 Å². The molecule has 182 valence electrons. The highest BCUT2D eigenvalue weighted by Crippen LogP contribution is 2.50. The molecule has 8 nitrogen and oxygen atoms in total. The normalized spacial score (nSPS) is 15.4. The summed E-state index contributed by atoms with van der Waals surface area (Å²) in [4.78, 5) is 3.15. The lowest BCUT2D eigenvalue weighted by molar-refractivity contribution is -0.699. The first-order valence-electron chi connectivity index (χ1n) is 10.6. The molecule has 3 aromatic rings. The summed E-state index contributed by atoms with van der Waals surface area (Å²) in [7, 11) is -8.08. The van der Waals surface area contributed by atoms with Gasteiger partial charge in [0.05, 0.1) is 33.7 Å². The second-order valence-corrected chi connectivity index (χ2v) is 13.1. The zero-order valence-corrected chi connectivity index (χ0v) is 21.7. The molecule has 34 heavy (non-hydrogen) atoms. The lowest BCUT2D eigenvalue weighted by Gasteiger charge is -2.21. The number of fused-ring (bicyclic) bond motifs is 3. The molecule has 2 heterocycles. The van der Waals surface area contributed by atoms with Crippen LogP contribution in [-0.4, -0.2) is 44.0 Å². The van der Waals surface area contributed by atoms with Crippen molar-refractivity contribution in [3.63, 3.8) is 0 Å². The Morgan fingerprint density at radius 3 is 2.44 bits per heavy atom. The van der Waals surface area contributed by atoms with Crippen molar-refractivity contribution in [2.24, 2.45) is 0 Å². The fraction of sp³-hybridized carbons (Fsp3) is 0.318. The summed E-state index contributed by atoms with van der Waals surface area (Å²) in [5, 5.41) is 5.98. The Balaban J connectivity index is 1.69. The van der Waals surface area contributed by atoms with Crippen LogP contribution in [-0.2, 0) is 26.8 Å². The van der Waals surface area contributed by atoms with Crippen molar-refractivity contribution in [1.29, 1.82) is 0 Å². The van der Waals surface area contributed by atoms with E-state index in [1.54, 1.807) is 11.8 Å². The molecule has 12 heteroatoms. The van der Waals surface area contributed by atoms with Crippen molar-refractivity contribution >= 4 is 65.9 Å². The molecule has 0 aliphatic carbocycles. The van der Waals surface area contributed by atoms with Gasteiger partial charge in [0.25, 0.3) is 25.2 Å². The first-order valence-corrected chi connectivity index (χ1v) is 15.5.